The Labute approximate surface area is 56.7 Å². The smallest absolute Gasteiger partial charge is 0.232 e. The first-order valence-corrected chi connectivity index (χ1v) is 2.70. The number of benzene rings is 1. The molecule has 1 aromatic rings. The van der Waals surface area contributed by atoms with Gasteiger partial charge in [0.05, 0.1) is 5.02 Å². The van der Waals surface area contributed by atoms with E-state index in [1.165, 1.54) is 12.1 Å². The van der Waals surface area contributed by atoms with Crippen molar-refractivity contribution in [3.63, 3.8) is 0 Å². The van der Waals surface area contributed by atoms with Gasteiger partial charge in [0.25, 0.3) is 0 Å². The summed E-state index contributed by atoms with van der Waals surface area (Å²) < 4.78 is 12.2. The van der Waals surface area contributed by atoms with E-state index in [-0.39, 0.29) is 5.02 Å². The zero-order valence-corrected chi connectivity index (χ0v) is 5.15. The molecule has 0 unspecified atom stereocenters. The average Bonchev–Trinajstić information content (AvgIpc) is 1.83. The number of hydrogen-bond donors (Lipinski definition) is 0. The van der Waals surface area contributed by atoms with E-state index in [0.29, 0.717) is 0 Å². The van der Waals surface area contributed by atoms with Crippen molar-refractivity contribution >= 4 is 11.6 Å². The fourth-order valence-corrected chi connectivity index (χ4v) is 0.646. The molecule has 0 N–H and O–H groups in total. The monoisotopic (exact) mass is 145 g/mol. The van der Waals surface area contributed by atoms with Crippen molar-refractivity contribution in [2.75, 3.05) is 0 Å². The van der Waals surface area contributed by atoms with Crippen molar-refractivity contribution in [1.29, 1.82) is 0 Å². The molecule has 0 heterocycles. The van der Waals surface area contributed by atoms with Crippen LogP contribution in [-0.2, 0) is 5.11 Å². The normalized spacial score (nSPS) is 9.56. The van der Waals surface area contributed by atoms with Crippen LogP contribution in [0.5, 0.6) is 5.75 Å². The summed E-state index contributed by atoms with van der Waals surface area (Å²) in [6.07, 6.45) is 0. The number of halogens is 2. The summed E-state index contributed by atoms with van der Waals surface area (Å²) in [5.41, 5.74) is 0. The third-order valence-corrected chi connectivity index (χ3v) is 1.22. The Balaban J connectivity index is 3.25. The third-order valence-electron chi connectivity index (χ3n) is 0.919. The van der Waals surface area contributed by atoms with Gasteiger partial charge in [0, 0.05) is 0 Å². The molecular formula is C6H3ClFO. The molecule has 0 spiro atoms. The van der Waals surface area contributed by atoms with Crippen molar-refractivity contribution in [2.45, 2.75) is 0 Å². The van der Waals surface area contributed by atoms with Crippen molar-refractivity contribution in [2.24, 2.45) is 0 Å². The number of para-hydroxylation sites is 1. The van der Waals surface area contributed by atoms with E-state index in [0.717, 1.165) is 6.07 Å². The lowest BCUT2D eigenvalue weighted by molar-refractivity contribution is 0.330. The highest BCUT2D eigenvalue weighted by atomic mass is 35.5. The molecule has 0 aliphatic rings. The van der Waals surface area contributed by atoms with Crippen LogP contribution in [0, 0.1) is 5.82 Å². The Bertz CT molecular complexity index is 204. The molecule has 0 aromatic heterocycles. The number of hydrogen-bond acceptors (Lipinski definition) is 0. The standard InChI is InChI=1S/C6H3ClFO/c7-4-2-1-3-5(8)6(4)9/h1-3H. The van der Waals surface area contributed by atoms with E-state index in [9.17, 15) is 9.50 Å². The second kappa shape index (κ2) is 2.23. The molecule has 1 rings (SSSR count). The molecule has 3 heteroatoms. The van der Waals surface area contributed by atoms with Gasteiger partial charge >= 0.3 is 0 Å². The minimum Gasteiger partial charge on any atom is -0.285 e. The van der Waals surface area contributed by atoms with Crippen LogP contribution >= 0.6 is 11.6 Å². The van der Waals surface area contributed by atoms with Crippen molar-refractivity contribution in [3.05, 3.63) is 29.0 Å². The lowest BCUT2D eigenvalue weighted by atomic mass is 10.3. The van der Waals surface area contributed by atoms with Crippen LogP contribution in [0.4, 0.5) is 4.39 Å². The summed E-state index contributed by atoms with van der Waals surface area (Å²) in [4.78, 5) is 0. The van der Waals surface area contributed by atoms with E-state index >= 15 is 0 Å². The lowest BCUT2D eigenvalue weighted by Gasteiger charge is -1.90. The van der Waals surface area contributed by atoms with Crippen LogP contribution in [-0.4, -0.2) is 0 Å². The molecule has 9 heavy (non-hydrogen) atoms. The molecule has 47 valence electrons. The maximum absolute atomic E-state index is 12.2. The fourth-order valence-electron chi connectivity index (χ4n) is 0.483. The summed E-state index contributed by atoms with van der Waals surface area (Å²) in [5, 5.41) is 10.4. The molecule has 0 amide bonds. The fraction of sp³-hybridized carbons (Fsp3) is 0. The molecule has 0 saturated heterocycles. The van der Waals surface area contributed by atoms with Gasteiger partial charge < -0.3 is 0 Å². The molecule has 1 radical (unpaired) electrons. The van der Waals surface area contributed by atoms with E-state index in [1.54, 1.807) is 0 Å². The van der Waals surface area contributed by atoms with Gasteiger partial charge in [0.15, 0.2) is 5.82 Å². The van der Waals surface area contributed by atoms with Crippen molar-refractivity contribution in [3.8, 4) is 5.75 Å². The molecule has 1 aromatic carbocycles. The third kappa shape index (κ3) is 1.13. The SMILES string of the molecule is [O]c1c(F)cccc1Cl. The van der Waals surface area contributed by atoms with Gasteiger partial charge in [0.1, 0.15) is 0 Å². The summed E-state index contributed by atoms with van der Waals surface area (Å²) in [5.74, 6) is -1.54. The summed E-state index contributed by atoms with van der Waals surface area (Å²) in [6.45, 7) is 0. The summed E-state index contributed by atoms with van der Waals surface area (Å²) in [6, 6.07) is 3.82. The second-order valence-electron chi connectivity index (χ2n) is 1.55. The van der Waals surface area contributed by atoms with Crippen molar-refractivity contribution < 1.29 is 9.50 Å². The Morgan fingerprint density at radius 2 is 2.11 bits per heavy atom. The molecule has 0 aliphatic heterocycles. The molecule has 0 aliphatic carbocycles. The Morgan fingerprint density at radius 3 is 2.56 bits per heavy atom. The van der Waals surface area contributed by atoms with Gasteiger partial charge in [-0.15, -0.1) is 0 Å². The largest absolute Gasteiger partial charge is 0.285 e. The van der Waals surface area contributed by atoms with Gasteiger partial charge in [0.2, 0.25) is 5.75 Å². The zero-order valence-electron chi connectivity index (χ0n) is 4.40. The Morgan fingerprint density at radius 1 is 1.44 bits per heavy atom. The van der Waals surface area contributed by atoms with E-state index in [4.69, 9.17) is 11.6 Å². The van der Waals surface area contributed by atoms with Gasteiger partial charge in [-0.05, 0) is 12.1 Å². The van der Waals surface area contributed by atoms with E-state index in [1.807, 2.05) is 0 Å². The van der Waals surface area contributed by atoms with Crippen LogP contribution in [0.15, 0.2) is 18.2 Å². The van der Waals surface area contributed by atoms with Crippen LogP contribution in [0.2, 0.25) is 5.02 Å². The van der Waals surface area contributed by atoms with E-state index in [2.05, 4.69) is 0 Å². The van der Waals surface area contributed by atoms with Crippen LogP contribution in [0.3, 0.4) is 0 Å². The van der Waals surface area contributed by atoms with Gasteiger partial charge in [-0.25, -0.2) is 4.39 Å². The first kappa shape index (κ1) is 6.36. The van der Waals surface area contributed by atoms with Crippen LogP contribution in [0.25, 0.3) is 0 Å². The van der Waals surface area contributed by atoms with Crippen LogP contribution in [0.1, 0.15) is 0 Å². The molecular weight excluding hydrogens is 143 g/mol. The van der Waals surface area contributed by atoms with Gasteiger partial charge in [-0.1, -0.05) is 17.7 Å². The molecule has 0 atom stereocenters. The minimum atomic E-state index is -0.803. The second-order valence-corrected chi connectivity index (χ2v) is 1.96. The Hall–Kier alpha value is -0.760. The zero-order chi connectivity index (χ0) is 6.85. The molecule has 0 saturated carbocycles. The molecule has 0 fully saturated rings. The quantitative estimate of drug-likeness (QED) is 0.535. The Kier molecular flexibility index (Phi) is 1.58. The predicted octanol–water partition coefficient (Wildman–Crippen LogP) is 2.62. The molecule has 0 bridgehead atoms. The maximum Gasteiger partial charge on any atom is 0.232 e. The minimum absolute atomic E-state index is 0.0741. The van der Waals surface area contributed by atoms with Gasteiger partial charge in [-0.2, -0.15) is 0 Å². The lowest BCUT2D eigenvalue weighted by Crippen LogP contribution is -1.72. The topological polar surface area (TPSA) is 19.9 Å². The average molecular weight is 146 g/mol. The molecule has 1 nitrogen and oxygen atoms in total. The highest BCUT2D eigenvalue weighted by molar-refractivity contribution is 6.31. The maximum atomic E-state index is 12.2. The van der Waals surface area contributed by atoms with Gasteiger partial charge in [-0.3, -0.25) is 5.11 Å². The number of rotatable bonds is 0. The van der Waals surface area contributed by atoms with Crippen LogP contribution < -0.4 is 0 Å². The predicted molar refractivity (Wildman–Crippen MR) is 31.5 cm³/mol. The first-order valence-electron chi connectivity index (χ1n) is 2.33. The highest BCUT2D eigenvalue weighted by Gasteiger charge is 2.04. The van der Waals surface area contributed by atoms with Crippen molar-refractivity contribution in [1.82, 2.24) is 0 Å². The summed E-state index contributed by atoms with van der Waals surface area (Å²) >= 11 is 5.26. The summed E-state index contributed by atoms with van der Waals surface area (Å²) in [7, 11) is 0. The van der Waals surface area contributed by atoms with E-state index < -0.39 is 11.6 Å². The highest BCUT2D eigenvalue weighted by Crippen LogP contribution is 2.25. The first-order chi connectivity index (χ1) is 4.22.